The highest BCUT2D eigenvalue weighted by Gasteiger charge is 2.37. The average Bonchev–Trinajstić information content (AvgIpc) is 2.83. The standard InChI is InChI=1S/C28H34BN7O/c1-18-11-35(24-8-6-19(10-30)27-22(24)7-9-25(29)33-27)15-21(37-18)14-34-12-20(13-34)23-4-3-5-26(32-23)36-16-28(2,31)17-36/h3-9,18,20-21H,11-17,29,31H2,1-2H3/t18-,21+/m1/s1. The van der Waals surface area contributed by atoms with Gasteiger partial charge in [-0.25, -0.2) is 4.98 Å². The lowest BCUT2D eigenvalue weighted by molar-refractivity contribution is -0.0436. The summed E-state index contributed by atoms with van der Waals surface area (Å²) in [5.41, 5.74) is 10.7. The van der Waals surface area contributed by atoms with Gasteiger partial charge in [0.05, 0.1) is 23.3 Å². The zero-order valence-corrected chi connectivity index (χ0v) is 21.9. The van der Waals surface area contributed by atoms with Gasteiger partial charge in [-0.2, -0.15) is 5.26 Å². The minimum atomic E-state index is -0.102. The van der Waals surface area contributed by atoms with E-state index in [1.54, 1.807) is 0 Å². The third-order valence-electron chi connectivity index (χ3n) is 7.78. The Morgan fingerprint density at radius 1 is 1.08 bits per heavy atom. The predicted molar refractivity (Wildman–Crippen MR) is 149 cm³/mol. The number of benzene rings is 1. The van der Waals surface area contributed by atoms with E-state index >= 15 is 0 Å². The molecule has 0 saturated carbocycles. The van der Waals surface area contributed by atoms with Gasteiger partial charge in [-0.05, 0) is 49.8 Å². The molecule has 6 rings (SSSR count). The molecule has 0 unspecified atom stereocenters. The molecule has 2 N–H and O–H groups in total. The van der Waals surface area contributed by atoms with Gasteiger partial charge in [0.25, 0.3) is 0 Å². The molecular formula is C28H34BN7O. The number of pyridine rings is 2. The number of nitriles is 1. The Kier molecular flexibility index (Phi) is 6.06. The van der Waals surface area contributed by atoms with Gasteiger partial charge in [-0.15, -0.1) is 0 Å². The lowest BCUT2D eigenvalue weighted by Gasteiger charge is -2.47. The van der Waals surface area contributed by atoms with Gasteiger partial charge in [-0.1, -0.05) is 12.1 Å². The first-order valence-corrected chi connectivity index (χ1v) is 13.2. The summed E-state index contributed by atoms with van der Waals surface area (Å²) in [4.78, 5) is 16.8. The van der Waals surface area contributed by atoms with Crippen LogP contribution >= 0.6 is 0 Å². The number of rotatable bonds is 5. The Morgan fingerprint density at radius 3 is 2.65 bits per heavy atom. The number of aromatic nitrogens is 2. The molecule has 0 aliphatic carbocycles. The molecule has 2 atom stereocenters. The Balaban J connectivity index is 1.11. The van der Waals surface area contributed by atoms with Crippen LogP contribution in [0.1, 0.15) is 31.0 Å². The second kappa shape index (κ2) is 9.28. The molecule has 3 aliphatic rings. The van der Waals surface area contributed by atoms with Gasteiger partial charge in [0.1, 0.15) is 11.9 Å². The molecule has 3 saturated heterocycles. The van der Waals surface area contributed by atoms with E-state index in [9.17, 15) is 5.26 Å². The fourth-order valence-corrected chi connectivity index (χ4v) is 6.03. The highest BCUT2D eigenvalue weighted by molar-refractivity contribution is 6.31. The molecule has 3 aromatic rings. The first kappa shape index (κ1) is 24.2. The first-order valence-electron chi connectivity index (χ1n) is 13.2. The van der Waals surface area contributed by atoms with Gasteiger partial charge >= 0.3 is 0 Å². The first-order chi connectivity index (χ1) is 17.8. The largest absolute Gasteiger partial charge is 0.370 e. The Labute approximate surface area is 219 Å². The molecule has 5 heterocycles. The van der Waals surface area contributed by atoms with Crippen molar-refractivity contribution in [1.82, 2.24) is 14.9 Å². The van der Waals surface area contributed by atoms with E-state index in [2.05, 4.69) is 69.9 Å². The van der Waals surface area contributed by atoms with Crippen LogP contribution in [0.2, 0.25) is 0 Å². The van der Waals surface area contributed by atoms with Crippen molar-refractivity contribution in [2.75, 3.05) is 55.6 Å². The second-order valence-corrected chi connectivity index (χ2v) is 11.4. The number of nitrogens with zero attached hydrogens (tertiary/aromatic N) is 6. The van der Waals surface area contributed by atoms with Crippen molar-refractivity contribution in [2.45, 2.75) is 37.5 Å². The maximum Gasteiger partial charge on any atom is 0.163 e. The third kappa shape index (κ3) is 4.77. The number of hydrogen-bond donors (Lipinski definition) is 1. The summed E-state index contributed by atoms with van der Waals surface area (Å²) in [6, 6.07) is 16.7. The summed E-state index contributed by atoms with van der Waals surface area (Å²) >= 11 is 0. The van der Waals surface area contributed by atoms with Crippen LogP contribution in [0, 0.1) is 11.3 Å². The molecule has 0 radical (unpaired) electrons. The zero-order valence-electron chi connectivity index (χ0n) is 21.9. The Hall–Kier alpha value is -3.19. The number of morpholine rings is 1. The summed E-state index contributed by atoms with van der Waals surface area (Å²) in [5, 5.41) is 10.6. The van der Waals surface area contributed by atoms with Crippen molar-refractivity contribution < 1.29 is 4.74 Å². The van der Waals surface area contributed by atoms with E-state index in [0.29, 0.717) is 11.5 Å². The van der Waals surface area contributed by atoms with Crippen LogP contribution in [0.15, 0.2) is 42.5 Å². The van der Waals surface area contributed by atoms with Crippen molar-refractivity contribution in [3.8, 4) is 6.07 Å². The molecule has 3 fully saturated rings. The molecule has 8 nitrogen and oxygen atoms in total. The molecule has 0 bridgehead atoms. The fraction of sp³-hybridized carbons (Fsp3) is 0.464. The van der Waals surface area contributed by atoms with Crippen LogP contribution in [-0.2, 0) is 4.74 Å². The number of anilines is 2. The predicted octanol–water partition coefficient (Wildman–Crippen LogP) is 0.990. The number of nitrogens with two attached hydrogens (primary N) is 1. The number of hydrogen-bond acceptors (Lipinski definition) is 8. The van der Waals surface area contributed by atoms with E-state index in [1.807, 2.05) is 20.0 Å². The topological polar surface area (TPSA) is 94.5 Å². The summed E-state index contributed by atoms with van der Waals surface area (Å²) in [6.07, 6.45) is 0.249. The summed E-state index contributed by atoms with van der Waals surface area (Å²) in [7, 11) is 1.97. The van der Waals surface area contributed by atoms with Crippen molar-refractivity contribution in [3.05, 3.63) is 53.7 Å². The van der Waals surface area contributed by atoms with Gasteiger partial charge in [-0.3, -0.25) is 9.88 Å². The monoisotopic (exact) mass is 495 g/mol. The fourth-order valence-electron chi connectivity index (χ4n) is 6.03. The molecule has 0 amide bonds. The van der Waals surface area contributed by atoms with E-state index < -0.39 is 0 Å². The van der Waals surface area contributed by atoms with Gasteiger partial charge in [0.15, 0.2) is 7.85 Å². The SMILES string of the molecule is Bc1ccc2c(N3C[C@H](CN4CC(c5cccc(N6CC(C)(N)C6)n5)C4)O[C@H](C)C3)ccc(C#N)c2n1. The summed E-state index contributed by atoms with van der Waals surface area (Å²) in [5.74, 6) is 1.50. The Morgan fingerprint density at radius 2 is 1.89 bits per heavy atom. The molecule has 37 heavy (non-hydrogen) atoms. The van der Waals surface area contributed by atoms with Crippen LogP contribution < -0.4 is 21.1 Å². The van der Waals surface area contributed by atoms with Crippen LogP contribution in [0.25, 0.3) is 10.9 Å². The third-order valence-corrected chi connectivity index (χ3v) is 7.78. The van der Waals surface area contributed by atoms with E-state index in [4.69, 9.17) is 15.5 Å². The average molecular weight is 495 g/mol. The lowest BCUT2D eigenvalue weighted by atomic mass is 9.93. The molecule has 3 aliphatic heterocycles. The maximum absolute atomic E-state index is 9.59. The van der Waals surface area contributed by atoms with E-state index in [0.717, 1.165) is 73.8 Å². The zero-order chi connectivity index (χ0) is 25.7. The minimum Gasteiger partial charge on any atom is -0.370 e. The molecule has 190 valence electrons. The van der Waals surface area contributed by atoms with Crippen LogP contribution in [0.3, 0.4) is 0 Å². The number of likely N-dealkylation sites (tertiary alicyclic amines) is 1. The Bertz CT molecular complexity index is 1360. The minimum absolute atomic E-state index is 0.102. The van der Waals surface area contributed by atoms with Crippen LogP contribution in [-0.4, -0.2) is 86.3 Å². The molecule has 9 heteroatoms. The van der Waals surface area contributed by atoms with Crippen molar-refractivity contribution in [1.29, 1.82) is 5.26 Å². The maximum atomic E-state index is 9.59. The molecule has 0 spiro atoms. The lowest BCUT2D eigenvalue weighted by Crippen LogP contribution is -2.65. The second-order valence-electron chi connectivity index (χ2n) is 11.4. The molecule has 1 aromatic carbocycles. The number of ether oxygens (including phenoxy) is 1. The van der Waals surface area contributed by atoms with E-state index in [1.165, 1.54) is 5.69 Å². The smallest absolute Gasteiger partial charge is 0.163 e. The van der Waals surface area contributed by atoms with Crippen LogP contribution in [0.5, 0.6) is 0 Å². The molecular weight excluding hydrogens is 461 g/mol. The number of fused-ring (bicyclic) bond motifs is 1. The van der Waals surface area contributed by atoms with Gasteiger partial charge in [0, 0.05) is 74.0 Å². The molecule has 2 aromatic heterocycles. The van der Waals surface area contributed by atoms with Crippen LogP contribution in [0.4, 0.5) is 11.5 Å². The van der Waals surface area contributed by atoms with Crippen molar-refractivity contribution in [3.63, 3.8) is 0 Å². The van der Waals surface area contributed by atoms with Gasteiger partial charge < -0.3 is 20.3 Å². The van der Waals surface area contributed by atoms with Gasteiger partial charge in [0.2, 0.25) is 0 Å². The summed E-state index contributed by atoms with van der Waals surface area (Å²) in [6.45, 7) is 10.5. The quantitative estimate of drug-likeness (QED) is 0.524. The van der Waals surface area contributed by atoms with E-state index in [-0.39, 0.29) is 17.7 Å². The normalized spacial score (nSPS) is 23.9. The highest BCUT2D eigenvalue weighted by Crippen LogP contribution is 2.32. The highest BCUT2D eigenvalue weighted by atomic mass is 16.5. The van der Waals surface area contributed by atoms with Crippen molar-refractivity contribution in [2.24, 2.45) is 5.73 Å². The van der Waals surface area contributed by atoms with Crippen molar-refractivity contribution >= 4 is 35.8 Å². The summed E-state index contributed by atoms with van der Waals surface area (Å²) < 4.78 is 6.37.